The number of carboxylic acids is 1. The summed E-state index contributed by atoms with van der Waals surface area (Å²) in [6.07, 6.45) is -1.49. The molecule has 0 atom stereocenters. The fraction of sp³-hybridized carbons (Fsp3) is 0.0385. The highest BCUT2D eigenvalue weighted by Crippen LogP contribution is 2.27. The molecular weight excluding hydrogens is 471 g/mol. The molecule has 6 rings (SSSR count). The highest BCUT2D eigenvalue weighted by molar-refractivity contribution is 6.04. The molecular formula is C26H16F3N5O2. The van der Waals surface area contributed by atoms with Gasteiger partial charge in [-0.2, -0.15) is 13.2 Å². The van der Waals surface area contributed by atoms with E-state index in [1.54, 1.807) is 12.4 Å². The van der Waals surface area contributed by atoms with Crippen LogP contribution in [0.1, 0.15) is 0 Å². The highest BCUT2D eigenvalue weighted by Gasteiger charge is 2.38. The largest absolute Gasteiger partial charge is 0.490 e. The number of carbonyl (C=O) groups is 1. The number of nitrogens with one attached hydrogen (secondary N) is 1. The number of halogens is 3. The zero-order chi connectivity index (χ0) is 25.3. The maximum Gasteiger partial charge on any atom is 0.490 e. The Labute approximate surface area is 201 Å². The molecule has 178 valence electrons. The van der Waals surface area contributed by atoms with Gasteiger partial charge in [-0.05, 0) is 36.4 Å². The van der Waals surface area contributed by atoms with Crippen molar-refractivity contribution >= 4 is 61.2 Å². The molecule has 0 bridgehead atoms. The van der Waals surface area contributed by atoms with Crippen LogP contribution in [-0.2, 0) is 4.79 Å². The predicted octanol–water partition coefficient (Wildman–Crippen LogP) is 6.26. The third-order valence-corrected chi connectivity index (χ3v) is 5.36. The van der Waals surface area contributed by atoms with E-state index in [0.717, 1.165) is 55.2 Å². The van der Waals surface area contributed by atoms with Crippen LogP contribution in [0.4, 0.5) is 24.8 Å². The Kier molecular flexibility index (Phi) is 5.77. The summed E-state index contributed by atoms with van der Waals surface area (Å²) in [6.45, 7) is 0. The molecule has 2 N–H and O–H groups in total. The van der Waals surface area contributed by atoms with E-state index in [-0.39, 0.29) is 0 Å². The summed E-state index contributed by atoms with van der Waals surface area (Å²) in [5.74, 6) is -1.29. The molecule has 0 aliphatic rings. The van der Waals surface area contributed by atoms with Crippen molar-refractivity contribution in [2.24, 2.45) is 0 Å². The average molecular weight is 487 g/mol. The van der Waals surface area contributed by atoms with Crippen molar-refractivity contribution in [2.45, 2.75) is 6.18 Å². The second-order valence-corrected chi connectivity index (χ2v) is 7.75. The summed E-state index contributed by atoms with van der Waals surface area (Å²) in [6, 6.07) is 24.3. The van der Waals surface area contributed by atoms with E-state index < -0.39 is 12.1 Å². The van der Waals surface area contributed by atoms with E-state index in [1.165, 1.54) is 0 Å². The highest BCUT2D eigenvalue weighted by atomic mass is 19.4. The van der Waals surface area contributed by atoms with E-state index in [1.807, 2.05) is 36.4 Å². The number of aromatic nitrogens is 4. The molecule has 6 aromatic rings. The SMILES string of the molecule is O=C(O)C(F)(F)F.c1cnc2c(c1)ccc1ccc(Nc3ccc4ccc5cccnc5c4n3)nc12. The minimum Gasteiger partial charge on any atom is -0.475 e. The van der Waals surface area contributed by atoms with Crippen LogP contribution in [0.5, 0.6) is 0 Å². The van der Waals surface area contributed by atoms with Gasteiger partial charge in [0.2, 0.25) is 0 Å². The average Bonchev–Trinajstić information content (AvgIpc) is 2.88. The molecule has 0 unspecified atom stereocenters. The first-order chi connectivity index (χ1) is 17.3. The summed E-state index contributed by atoms with van der Waals surface area (Å²) in [4.78, 5) is 27.6. The molecule has 0 amide bonds. The first kappa shape index (κ1) is 22.9. The van der Waals surface area contributed by atoms with E-state index >= 15 is 0 Å². The molecule has 0 spiro atoms. The Hall–Kier alpha value is -4.86. The van der Waals surface area contributed by atoms with Crippen molar-refractivity contribution in [2.75, 3.05) is 5.32 Å². The number of benzene rings is 2. The number of aliphatic carboxylic acids is 1. The summed E-state index contributed by atoms with van der Waals surface area (Å²) in [7, 11) is 0. The Morgan fingerprint density at radius 1 is 0.639 bits per heavy atom. The maximum absolute atomic E-state index is 10.6. The fourth-order valence-corrected chi connectivity index (χ4v) is 3.72. The molecule has 4 aromatic heterocycles. The monoisotopic (exact) mass is 487 g/mol. The number of nitrogens with zero attached hydrogens (tertiary/aromatic N) is 4. The van der Waals surface area contributed by atoms with E-state index in [9.17, 15) is 13.2 Å². The van der Waals surface area contributed by atoms with Gasteiger partial charge in [0, 0.05) is 33.9 Å². The Bertz CT molecular complexity index is 1640. The summed E-state index contributed by atoms with van der Waals surface area (Å²) < 4.78 is 31.7. The normalized spacial score (nSPS) is 11.4. The molecule has 0 saturated heterocycles. The number of hydrogen-bond acceptors (Lipinski definition) is 6. The zero-order valence-corrected chi connectivity index (χ0v) is 18.4. The van der Waals surface area contributed by atoms with E-state index in [2.05, 4.69) is 51.7 Å². The predicted molar refractivity (Wildman–Crippen MR) is 131 cm³/mol. The van der Waals surface area contributed by atoms with Crippen molar-refractivity contribution in [3.8, 4) is 0 Å². The second kappa shape index (κ2) is 9.06. The second-order valence-electron chi connectivity index (χ2n) is 7.75. The first-order valence-electron chi connectivity index (χ1n) is 10.7. The van der Waals surface area contributed by atoms with Crippen LogP contribution in [0.3, 0.4) is 0 Å². The van der Waals surface area contributed by atoms with Crippen LogP contribution < -0.4 is 5.32 Å². The maximum atomic E-state index is 10.6. The smallest absolute Gasteiger partial charge is 0.475 e. The minimum atomic E-state index is -5.08. The lowest BCUT2D eigenvalue weighted by Crippen LogP contribution is -2.21. The number of anilines is 2. The van der Waals surface area contributed by atoms with Gasteiger partial charge in [-0.15, -0.1) is 0 Å². The molecule has 2 aromatic carbocycles. The number of rotatable bonds is 2. The lowest BCUT2D eigenvalue weighted by molar-refractivity contribution is -0.192. The van der Waals surface area contributed by atoms with Crippen molar-refractivity contribution in [3.05, 3.63) is 85.2 Å². The van der Waals surface area contributed by atoms with Gasteiger partial charge in [0.25, 0.3) is 0 Å². The van der Waals surface area contributed by atoms with Crippen LogP contribution in [0.25, 0.3) is 43.6 Å². The lowest BCUT2D eigenvalue weighted by atomic mass is 10.1. The summed E-state index contributed by atoms with van der Waals surface area (Å²) in [5.41, 5.74) is 3.55. The summed E-state index contributed by atoms with van der Waals surface area (Å²) in [5, 5.41) is 14.7. The van der Waals surface area contributed by atoms with Crippen molar-refractivity contribution in [3.63, 3.8) is 0 Å². The van der Waals surface area contributed by atoms with Crippen LogP contribution in [0.2, 0.25) is 0 Å². The molecule has 0 aliphatic heterocycles. The Balaban J connectivity index is 0.000000338. The van der Waals surface area contributed by atoms with Gasteiger partial charge in [0.1, 0.15) is 11.6 Å². The van der Waals surface area contributed by atoms with E-state index in [0.29, 0.717) is 0 Å². The molecule has 0 aliphatic carbocycles. The Morgan fingerprint density at radius 3 is 1.39 bits per heavy atom. The molecule has 0 saturated carbocycles. The molecule has 36 heavy (non-hydrogen) atoms. The number of hydrogen-bond donors (Lipinski definition) is 2. The minimum absolute atomic E-state index is 0.732. The van der Waals surface area contributed by atoms with Gasteiger partial charge >= 0.3 is 12.1 Å². The fourth-order valence-electron chi connectivity index (χ4n) is 3.72. The van der Waals surface area contributed by atoms with Crippen molar-refractivity contribution < 1.29 is 23.1 Å². The van der Waals surface area contributed by atoms with Gasteiger partial charge in [0.15, 0.2) is 0 Å². The number of fused-ring (bicyclic) bond motifs is 6. The molecule has 0 radical (unpaired) electrons. The molecule has 4 heterocycles. The third kappa shape index (κ3) is 4.56. The standard InChI is InChI=1S/C24H15N5.C2HF3O2/c1-3-15-5-7-17-9-11-19(28-23(17)21(15)25-13-1)27-20-12-10-18-8-6-16-4-2-14-26-22(16)24(18)29-20;3-2(4,5)1(6)7/h1-14H,(H,27,28,29);(H,6,7). The number of carboxylic acid groups (broad SMARTS) is 1. The van der Waals surface area contributed by atoms with Crippen molar-refractivity contribution in [1.82, 2.24) is 19.9 Å². The molecule has 7 nitrogen and oxygen atoms in total. The molecule has 10 heteroatoms. The first-order valence-corrected chi connectivity index (χ1v) is 10.7. The lowest BCUT2D eigenvalue weighted by Gasteiger charge is -2.09. The van der Waals surface area contributed by atoms with Gasteiger partial charge in [-0.25, -0.2) is 14.8 Å². The van der Waals surface area contributed by atoms with Crippen LogP contribution in [-0.4, -0.2) is 37.2 Å². The van der Waals surface area contributed by atoms with Crippen LogP contribution in [0, 0.1) is 0 Å². The van der Waals surface area contributed by atoms with Gasteiger partial charge in [-0.3, -0.25) is 9.97 Å². The quantitative estimate of drug-likeness (QED) is 0.278. The van der Waals surface area contributed by atoms with Crippen LogP contribution >= 0.6 is 0 Å². The van der Waals surface area contributed by atoms with Gasteiger partial charge < -0.3 is 10.4 Å². The summed E-state index contributed by atoms with van der Waals surface area (Å²) >= 11 is 0. The van der Waals surface area contributed by atoms with Gasteiger partial charge in [-0.1, -0.05) is 36.4 Å². The van der Waals surface area contributed by atoms with Crippen LogP contribution in [0.15, 0.2) is 85.2 Å². The number of alkyl halides is 3. The van der Waals surface area contributed by atoms with E-state index in [4.69, 9.17) is 19.9 Å². The zero-order valence-electron chi connectivity index (χ0n) is 18.4. The number of pyridine rings is 4. The Morgan fingerprint density at radius 2 is 1.00 bits per heavy atom. The molecule has 0 fully saturated rings. The van der Waals surface area contributed by atoms with Gasteiger partial charge in [0.05, 0.1) is 22.1 Å². The van der Waals surface area contributed by atoms with Crippen molar-refractivity contribution in [1.29, 1.82) is 0 Å². The topological polar surface area (TPSA) is 101 Å². The third-order valence-electron chi connectivity index (χ3n) is 5.36.